The van der Waals surface area contributed by atoms with Gasteiger partial charge in [0.1, 0.15) is 17.3 Å². The van der Waals surface area contributed by atoms with Crippen molar-refractivity contribution in [2.75, 3.05) is 18.5 Å². The van der Waals surface area contributed by atoms with E-state index in [0.717, 1.165) is 0 Å². The van der Waals surface area contributed by atoms with E-state index in [-0.39, 0.29) is 17.4 Å². The van der Waals surface area contributed by atoms with Crippen molar-refractivity contribution in [1.29, 1.82) is 5.41 Å². The van der Waals surface area contributed by atoms with Crippen LogP contribution in [0.25, 0.3) is 0 Å². The van der Waals surface area contributed by atoms with E-state index in [1.165, 1.54) is 24.3 Å². The standard InChI is InChI=1S/C23H22N4O5/c24-22(25)17-3-1-4-21(15-17)32-14-2-13-31-20-11-7-18(8-12-20)26-23(28)16-5-9-19(10-6-16)27(29)30/h1,3-12,15H,2,13-14H2,(H3,24,25)(H,26,28). The van der Waals surface area contributed by atoms with Crippen LogP contribution in [0.1, 0.15) is 22.3 Å². The molecule has 3 rings (SSSR count). The van der Waals surface area contributed by atoms with Gasteiger partial charge >= 0.3 is 0 Å². The van der Waals surface area contributed by atoms with Crippen molar-refractivity contribution >= 4 is 23.1 Å². The first-order chi connectivity index (χ1) is 15.4. The molecule has 0 atom stereocenters. The van der Waals surface area contributed by atoms with Crippen molar-refractivity contribution in [3.8, 4) is 11.5 Å². The SMILES string of the molecule is N=C(N)c1cccc(OCCCOc2ccc(NC(=O)c3ccc([N+](=O)[O-])cc3)cc2)c1. The van der Waals surface area contributed by atoms with Gasteiger partial charge in [-0.2, -0.15) is 0 Å². The molecule has 0 radical (unpaired) electrons. The molecule has 0 heterocycles. The largest absolute Gasteiger partial charge is 0.493 e. The summed E-state index contributed by atoms with van der Waals surface area (Å²) in [6.07, 6.45) is 0.656. The number of carbonyl (C=O) groups excluding carboxylic acids is 1. The van der Waals surface area contributed by atoms with E-state index in [0.29, 0.717) is 47.9 Å². The molecule has 0 aromatic heterocycles. The highest BCUT2D eigenvalue weighted by Gasteiger charge is 2.10. The summed E-state index contributed by atoms with van der Waals surface area (Å²) in [5.41, 5.74) is 6.91. The molecule has 0 spiro atoms. The predicted molar refractivity (Wildman–Crippen MR) is 121 cm³/mol. The fraction of sp³-hybridized carbons (Fsp3) is 0.130. The lowest BCUT2D eigenvalue weighted by atomic mass is 10.2. The van der Waals surface area contributed by atoms with Crippen LogP contribution in [0.5, 0.6) is 11.5 Å². The smallest absolute Gasteiger partial charge is 0.269 e. The van der Waals surface area contributed by atoms with Crippen molar-refractivity contribution in [3.63, 3.8) is 0 Å². The maximum atomic E-state index is 12.3. The van der Waals surface area contributed by atoms with Gasteiger partial charge in [-0.15, -0.1) is 0 Å². The molecule has 3 aromatic rings. The molecule has 9 heteroatoms. The number of ether oxygens (including phenoxy) is 2. The first kappa shape index (κ1) is 22.3. The average Bonchev–Trinajstić information content (AvgIpc) is 2.80. The molecule has 4 N–H and O–H groups in total. The lowest BCUT2D eigenvalue weighted by molar-refractivity contribution is -0.384. The Balaban J connectivity index is 1.41. The summed E-state index contributed by atoms with van der Waals surface area (Å²) < 4.78 is 11.3. The Morgan fingerprint density at radius 2 is 1.59 bits per heavy atom. The maximum absolute atomic E-state index is 12.3. The second-order valence-corrected chi connectivity index (χ2v) is 6.77. The predicted octanol–water partition coefficient (Wildman–Crippen LogP) is 3.98. The molecule has 164 valence electrons. The Hall–Kier alpha value is -4.40. The highest BCUT2D eigenvalue weighted by Crippen LogP contribution is 2.18. The van der Waals surface area contributed by atoms with E-state index in [1.807, 2.05) is 0 Å². The van der Waals surface area contributed by atoms with E-state index in [1.54, 1.807) is 48.5 Å². The van der Waals surface area contributed by atoms with E-state index >= 15 is 0 Å². The quantitative estimate of drug-likeness (QED) is 0.145. The zero-order chi connectivity index (χ0) is 22.9. The van der Waals surface area contributed by atoms with Crippen LogP contribution in [0.3, 0.4) is 0 Å². The number of non-ortho nitro benzene ring substituents is 1. The third-order valence-electron chi connectivity index (χ3n) is 4.42. The average molecular weight is 434 g/mol. The monoisotopic (exact) mass is 434 g/mol. The van der Waals surface area contributed by atoms with Crippen LogP contribution < -0.4 is 20.5 Å². The van der Waals surface area contributed by atoms with Crippen LogP contribution in [0.15, 0.2) is 72.8 Å². The van der Waals surface area contributed by atoms with Crippen molar-refractivity contribution in [2.45, 2.75) is 6.42 Å². The topological polar surface area (TPSA) is 141 Å². The fourth-order valence-electron chi connectivity index (χ4n) is 2.76. The first-order valence-electron chi connectivity index (χ1n) is 9.78. The minimum absolute atomic E-state index is 0.00818. The number of amidine groups is 1. The number of hydrogen-bond acceptors (Lipinski definition) is 6. The zero-order valence-corrected chi connectivity index (χ0v) is 17.1. The summed E-state index contributed by atoms with van der Waals surface area (Å²) in [4.78, 5) is 22.4. The molecule has 3 aromatic carbocycles. The molecule has 1 amide bonds. The molecule has 0 unspecified atom stereocenters. The van der Waals surface area contributed by atoms with Crippen molar-refractivity contribution in [3.05, 3.63) is 94.0 Å². The van der Waals surface area contributed by atoms with Gasteiger partial charge in [0.25, 0.3) is 11.6 Å². The molecule has 9 nitrogen and oxygen atoms in total. The number of nitrogens with zero attached hydrogens (tertiary/aromatic N) is 1. The molecule has 0 bridgehead atoms. The summed E-state index contributed by atoms with van der Waals surface area (Å²) in [5, 5.41) is 20.9. The molecule has 0 aliphatic carbocycles. The van der Waals surface area contributed by atoms with E-state index < -0.39 is 4.92 Å². The molecule has 0 saturated heterocycles. The number of amides is 1. The van der Waals surface area contributed by atoms with Crippen molar-refractivity contribution in [1.82, 2.24) is 0 Å². The van der Waals surface area contributed by atoms with Gasteiger partial charge in [-0.3, -0.25) is 20.3 Å². The van der Waals surface area contributed by atoms with E-state index in [9.17, 15) is 14.9 Å². The van der Waals surface area contributed by atoms with E-state index in [4.69, 9.17) is 20.6 Å². The minimum Gasteiger partial charge on any atom is -0.493 e. The normalized spacial score (nSPS) is 10.2. The lowest BCUT2D eigenvalue weighted by Crippen LogP contribution is -2.12. The molecular formula is C23H22N4O5. The molecule has 0 saturated carbocycles. The van der Waals surface area contributed by atoms with Gasteiger partial charge in [0, 0.05) is 35.4 Å². The number of nitro benzene ring substituents is 1. The number of anilines is 1. The number of nitrogens with one attached hydrogen (secondary N) is 2. The number of nitrogens with two attached hydrogens (primary N) is 1. The summed E-state index contributed by atoms with van der Waals surface area (Å²) >= 11 is 0. The number of carbonyl (C=O) groups is 1. The third-order valence-corrected chi connectivity index (χ3v) is 4.42. The second kappa shape index (κ2) is 10.6. The maximum Gasteiger partial charge on any atom is 0.269 e. The van der Waals surface area contributed by atoms with Gasteiger partial charge in [-0.1, -0.05) is 12.1 Å². The highest BCUT2D eigenvalue weighted by molar-refractivity contribution is 6.04. The van der Waals surface area contributed by atoms with Gasteiger partial charge in [-0.05, 0) is 48.5 Å². The fourth-order valence-corrected chi connectivity index (χ4v) is 2.76. The number of hydrogen-bond donors (Lipinski definition) is 3. The molecule has 32 heavy (non-hydrogen) atoms. The molecular weight excluding hydrogens is 412 g/mol. The number of rotatable bonds is 10. The van der Waals surface area contributed by atoms with Crippen LogP contribution in [-0.4, -0.2) is 29.9 Å². The van der Waals surface area contributed by atoms with Crippen molar-refractivity contribution < 1.29 is 19.2 Å². The first-order valence-corrected chi connectivity index (χ1v) is 9.78. The van der Waals surface area contributed by atoms with Gasteiger partial charge in [-0.25, -0.2) is 0 Å². The minimum atomic E-state index is -0.515. The van der Waals surface area contributed by atoms with Gasteiger partial charge in [0.05, 0.1) is 18.1 Å². The lowest BCUT2D eigenvalue weighted by Gasteiger charge is -2.10. The Bertz CT molecular complexity index is 1100. The van der Waals surface area contributed by atoms with Crippen molar-refractivity contribution in [2.24, 2.45) is 5.73 Å². The Morgan fingerprint density at radius 3 is 2.22 bits per heavy atom. The Kier molecular flexibility index (Phi) is 7.37. The second-order valence-electron chi connectivity index (χ2n) is 6.77. The van der Waals surface area contributed by atoms with Gasteiger partial charge in [0.15, 0.2) is 0 Å². The van der Waals surface area contributed by atoms with Gasteiger partial charge in [0.2, 0.25) is 0 Å². The summed E-state index contributed by atoms with van der Waals surface area (Å²) in [7, 11) is 0. The van der Waals surface area contributed by atoms with Crippen LogP contribution in [-0.2, 0) is 0 Å². The summed E-state index contributed by atoms with van der Waals surface area (Å²) in [5.74, 6) is 0.924. The van der Waals surface area contributed by atoms with Crippen LogP contribution in [0.4, 0.5) is 11.4 Å². The Morgan fingerprint density at radius 1 is 0.938 bits per heavy atom. The molecule has 0 aliphatic heterocycles. The number of nitro groups is 1. The highest BCUT2D eigenvalue weighted by atomic mass is 16.6. The summed E-state index contributed by atoms with van der Waals surface area (Å²) in [6, 6.07) is 19.3. The van der Waals surface area contributed by atoms with Crippen LogP contribution >= 0.6 is 0 Å². The Labute approximate surface area is 184 Å². The van der Waals surface area contributed by atoms with Crippen LogP contribution in [0.2, 0.25) is 0 Å². The summed E-state index contributed by atoms with van der Waals surface area (Å²) in [6.45, 7) is 0.894. The third kappa shape index (κ3) is 6.30. The number of benzene rings is 3. The molecule has 0 aliphatic rings. The zero-order valence-electron chi connectivity index (χ0n) is 17.1. The van der Waals surface area contributed by atoms with E-state index in [2.05, 4.69) is 5.32 Å². The van der Waals surface area contributed by atoms with Gasteiger partial charge < -0.3 is 20.5 Å². The van der Waals surface area contributed by atoms with Crippen LogP contribution in [0, 0.1) is 15.5 Å². The molecule has 0 fully saturated rings. The number of nitrogen functional groups attached to an aromatic ring is 1.